The molecule has 7 heteroatoms. The Hall–Kier alpha value is -2.22. The van der Waals surface area contributed by atoms with Crippen molar-refractivity contribution >= 4 is 15.9 Å². The van der Waals surface area contributed by atoms with Crippen LogP contribution in [0.5, 0.6) is 0 Å². The molecule has 2 aromatic rings. The molecule has 6 nitrogen and oxygen atoms in total. The van der Waals surface area contributed by atoms with Crippen molar-refractivity contribution < 1.29 is 17.9 Å². The number of ether oxygens (including phenoxy) is 1. The number of amides is 1. The minimum absolute atomic E-state index is 0.0221. The number of hydrogen-bond donors (Lipinski definition) is 1. The highest BCUT2D eigenvalue weighted by Gasteiger charge is 2.25. The summed E-state index contributed by atoms with van der Waals surface area (Å²) < 4.78 is 31.8. The number of sulfonamides is 1. The third kappa shape index (κ3) is 4.69. The van der Waals surface area contributed by atoms with Crippen LogP contribution in [0, 0.1) is 0 Å². The van der Waals surface area contributed by atoms with E-state index in [-0.39, 0.29) is 17.7 Å². The van der Waals surface area contributed by atoms with Gasteiger partial charge < -0.3 is 10.1 Å². The minimum atomic E-state index is -3.37. The molecule has 1 heterocycles. The first-order chi connectivity index (χ1) is 14.0. The second kappa shape index (κ2) is 8.65. The fourth-order valence-electron chi connectivity index (χ4n) is 4.02. The van der Waals surface area contributed by atoms with E-state index < -0.39 is 10.0 Å². The summed E-state index contributed by atoms with van der Waals surface area (Å²) in [6, 6.07) is 15.1. The first-order valence-electron chi connectivity index (χ1n) is 10.1. The molecular formula is C22H26N2O4S. The van der Waals surface area contributed by atoms with Gasteiger partial charge in [-0.3, -0.25) is 4.79 Å². The van der Waals surface area contributed by atoms with Crippen LogP contribution in [-0.2, 0) is 26.9 Å². The second-order valence-corrected chi connectivity index (χ2v) is 9.55. The normalized spacial score (nSPS) is 20.1. The van der Waals surface area contributed by atoms with Crippen molar-refractivity contribution in [3.05, 3.63) is 70.8 Å². The lowest BCUT2D eigenvalue weighted by molar-refractivity contribution is 0.0729. The molecule has 2 aromatic carbocycles. The van der Waals surface area contributed by atoms with E-state index in [1.54, 1.807) is 24.3 Å². The molecule has 0 spiro atoms. The summed E-state index contributed by atoms with van der Waals surface area (Å²) in [6.45, 7) is 1.66. The summed E-state index contributed by atoms with van der Waals surface area (Å²) in [7, 11) is -3.37. The minimum Gasteiger partial charge on any atom is -0.379 e. The monoisotopic (exact) mass is 414 g/mol. The highest BCUT2D eigenvalue weighted by molar-refractivity contribution is 7.88. The van der Waals surface area contributed by atoms with E-state index in [2.05, 4.69) is 17.4 Å². The van der Waals surface area contributed by atoms with Gasteiger partial charge in [0.05, 0.1) is 25.0 Å². The van der Waals surface area contributed by atoms with Crippen LogP contribution in [0.4, 0.5) is 0 Å². The van der Waals surface area contributed by atoms with Crippen molar-refractivity contribution in [3.8, 4) is 0 Å². The Morgan fingerprint density at radius 1 is 1.07 bits per heavy atom. The summed E-state index contributed by atoms with van der Waals surface area (Å²) in [5, 5.41) is 3.13. The summed E-state index contributed by atoms with van der Waals surface area (Å²) in [5.74, 6) is -0.195. The number of hydrogen-bond acceptors (Lipinski definition) is 4. The van der Waals surface area contributed by atoms with Crippen molar-refractivity contribution in [2.24, 2.45) is 0 Å². The summed E-state index contributed by atoms with van der Waals surface area (Å²) in [4.78, 5) is 12.7. The molecule has 1 saturated heterocycles. The molecule has 0 saturated carbocycles. The molecule has 29 heavy (non-hydrogen) atoms. The molecule has 1 aliphatic heterocycles. The average Bonchev–Trinajstić information content (AvgIpc) is 2.75. The Morgan fingerprint density at radius 3 is 2.55 bits per heavy atom. The maximum Gasteiger partial charge on any atom is 0.251 e. The Kier molecular flexibility index (Phi) is 5.99. The lowest BCUT2D eigenvalue weighted by Gasteiger charge is -2.26. The fraction of sp³-hybridized carbons (Fsp3) is 0.409. The molecular weight excluding hydrogens is 388 g/mol. The average molecular weight is 415 g/mol. The summed E-state index contributed by atoms with van der Waals surface area (Å²) in [5.41, 5.74) is 3.71. The number of benzene rings is 2. The van der Waals surface area contributed by atoms with E-state index in [9.17, 15) is 13.2 Å². The van der Waals surface area contributed by atoms with Gasteiger partial charge >= 0.3 is 0 Å². The highest BCUT2D eigenvalue weighted by Crippen LogP contribution is 2.29. The van der Waals surface area contributed by atoms with Crippen LogP contribution < -0.4 is 5.32 Å². The maximum atomic E-state index is 12.7. The maximum absolute atomic E-state index is 12.7. The second-order valence-electron chi connectivity index (χ2n) is 7.58. The number of aryl methyl sites for hydroxylation is 1. The zero-order valence-corrected chi connectivity index (χ0v) is 17.2. The largest absolute Gasteiger partial charge is 0.379 e. The van der Waals surface area contributed by atoms with Crippen LogP contribution in [0.15, 0.2) is 48.5 Å². The molecule has 1 aliphatic carbocycles. The first kappa shape index (κ1) is 20.1. The van der Waals surface area contributed by atoms with Crippen molar-refractivity contribution in [1.82, 2.24) is 9.62 Å². The van der Waals surface area contributed by atoms with Gasteiger partial charge in [0.2, 0.25) is 10.0 Å². The smallest absolute Gasteiger partial charge is 0.251 e. The fourth-order valence-corrected chi connectivity index (χ4v) is 5.53. The van der Waals surface area contributed by atoms with E-state index in [1.165, 1.54) is 15.4 Å². The molecule has 1 amide bonds. The van der Waals surface area contributed by atoms with Crippen molar-refractivity contribution in [1.29, 1.82) is 0 Å². The van der Waals surface area contributed by atoms with Gasteiger partial charge in [0, 0.05) is 18.7 Å². The number of carbonyl (C=O) groups excluding carboxylic acids is 1. The molecule has 0 bridgehead atoms. The molecule has 4 rings (SSSR count). The van der Waals surface area contributed by atoms with Gasteiger partial charge in [-0.05, 0) is 48.1 Å². The van der Waals surface area contributed by atoms with Crippen LogP contribution >= 0.6 is 0 Å². The van der Waals surface area contributed by atoms with Gasteiger partial charge in [0.25, 0.3) is 5.91 Å². The third-order valence-electron chi connectivity index (χ3n) is 5.60. The molecule has 1 unspecified atom stereocenters. The number of nitrogens with zero attached hydrogens (tertiary/aromatic N) is 1. The topological polar surface area (TPSA) is 75.7 Å². The first-order valence-corrected chi connectivity index (χ1v) is 11.7. The lowest BCUT2D eigenvalue weighted by atomic mass is 9.87. The third-order valence-corrected chi connectivity index (χ3v) is 7.45. The molecule has 2 aliphatic rings. The zero-order valence-electron chi connectivity index (χ0n) is 16.3. The van der Waals surface area contributed by atoms with Crippen LogP contribution in [0.25, 0.3) is 0 Å². The number of fused-ring (bicyclic) bond motifs is 1. The molecule has 154 valence electrons. The quantitative estimate of drug-likeness (QED) is 0.816. The number of nitrogens with one attached hydrogen (secondary N) is 1. The van der Waals surface area contributed by atoms with Crippen LogP contribution in [0.2, 0.25) is 0 Å². The highest BCUT2D eigenvalue weighted by atomic mass is 32.2. The summed E-state index contributed by atoms with van der Waals surface area (Å²) >= 11 is 0. The lowest BCUT2D eigenvalue weighted by Crippen LogP contribution is -2.41. The number of carbonyl (C=O) groups is 1. The zero-order chi connectivity index (χ0) is 20.3. The summed E-state index contributed by atoms with van der Waals surface area (Å²) in [6.07, 6.45) is 3.04. The Labute approximate surface area is 171 Å². The van der Waals surface area contributed by atoms with E-state index >= 15 is 0 Å². The molecule has 1 atom stereocenters. The van der Waals surface area contributed by atoms with Crippen molar-refractivity contribution in [2.45, 2.75) is 31.1 Å². The Bertz CT molecular complexity index is 967. The standard InChI is InChI=1S/C22H26N2O4S/c25-22(23-21-7-3-5-18-4-1-2-6-20(18)21)19-10-8-17(9-11-19)16-29(26,27)24-12-14-28-15-13-24/h1-2,4,6,8-11,21H,3,5,7,12-16H2,(H,23,25). The van der Waals surface area contributed by atoms with E-state index in [0.29, 0.717) is 37.4 Å². The van der Waals surface area contributed by atoms with Gasteiger partial charge in [-0.1, -0.05) is 36.4 Å². The van der Waals surface area contributed by atoms with Crippen LogP contribution in [0.3, 0.4) is 0 Å². The predicted molar refractivity (Wildman–Crippen MR) is 111 cm³/mol. The molecule has 0 aromatic heterocycles. The Balaban J connectivity index is 1.41. The van der Waals surface area contributed by atoms with Crippen molar-refractivity contribution in [2.75, 3.05) is 26.3 Å². The molecule has 0 radical (unpaired) electrons. The Morgan fingerprint density at radius 2 is 1.79 bits per heavy atom. The van der Waals surface area contributed by atoms with Gasteiger partial charge in [0.15, 0.2) is 0 Å². The number of morpholine rings is 1. The van der Waals surface area contributed by atoms with E-state index in [0.717, 1.165) is 19.3 Å². The molecule has 1 fully saturated rings. The van der Waals surface area contributed by atoms with Gasteiger partial charge in [-0.25, -0.2) is 8.42 Å². The predicted octanol–water partition coefficient (Wildman–Crippen LogP) is 2.66. The molecule has 1 N–H and O–H groups in total. The SMILES string of the molecule is O=C(NC1CCCc2ccccc21)c1ccc(CS(=O)(=O)N2CCOCC2)cc1. The van der Waals surface area contributed by atoms with E-state index in [4.69, 9.17) is 4.74 Å². The van der Waals surface area contributed by atoms with E-state index in [1.807, 2.05) is 12.1 Å². The van der Waals surface area contributed by atoms with Gasteiger partial charge in [-0.2, -0.15) is 4.31 Å². The van der Waals surface area contributed by atoms with Gasteiger partial charge in [-0.15, -0.1) is 0 Å². The van der Waals surface area contributed by atoms with Crippen LogP contribution in [-0.4, -0.2) is 44.9 Å². The van der Waals surface area contributed by atoms with Crippen LogP contribution in [0.1, 0.15) is 45.9 Å². The number of rotatable bonds is 5. The van der Waals surface area contributed by atoms with Gasteiger partial charge in [0.1, 0.15) is 0 Å². The van der Waals surface area contributed by atoms with Crippen molar-refractivity contribution in [3.63, 3.8) is 0 Å².